The molecule has 0 aliphatic heterocycles. The molecule has 0 saturated heterocycles. The molecule has 0 aromatic heterocycles. The average Bonchev–Trinajstić information content (AvgIpc) is 2.54. The molecule has 142 valence electrons. The van der Waals surface area contributed by atoms with Crippen molar-refractivity contribution in [1.29, 1.82) is 0 Å². The first-order valence-electron chi connectivity index (χ1n) is 9.64. The van der Waals surface area contributed by atoms with E-state index in [1.54, 1.807) is 6.92 Å². The second kappa shape index (κ2) is 15.9. The maximum absolute atomic E-state index is 8.56. The summed E-state index contributed by atoms with van der Waals surface area (Å²) in [5.74, 6) is 0. The Bertz CT molecular complexity index is 333. The Labute approximate surface area is 149 Å². The van der Waals surface area contributed by atoms with E-state index in [9.17, 15) is 0 Å². The molecule has 0 aliphatic carbocycles. The normalized spacial score (nSPS) is 12.8. The summed E-state index contributed by atoms with van der Waals surface area (Å²) in [5, 5.41) is 3.60. The van der Waals surface area contributed by atoms with E-state index in [1.165, 1.54) is 51.4 Å². The molecular weight excluding hydrogens is 322 g/mol. The van der Waals surface area contributed by atoms with E-state index in [0.717, 1.165) is 12.5 Å². The van der Waals surface area contributed by atoms with Gasteiger partial charge in [0, 0.05) is 24.2 Å². The summed E-state index contributed by atoms with van der Waals surface area (Å²) in [6.07, 6.45) is 10.9. The van der Waals surface area contributed by atoms with Gasteiger partial charge in [0.2, 0.25) is 0 Å². The molecule has 0 radical (unpaired) electrons. The number of rotatable bonds is 17. The maximum atomic E-state index is 8.56. The van der Waals surface area contributed by atoms with Crippen molar-refractivity contribution >= 4 is 8.80 Å². The lowest BCUT2D eigenvalue weighted by Crippen LogP contribution is -2.47. The van der Waals surface area contributed by atoms with Crippen LogP contribution in [0.1, 0.15) is 85.5 Å². The Morgan fingerprint density at radius 2 is 1.38 bits per heavy atom. The zero-order valence-corrected chi connectivity index (χ0v) is 17.1. The molecule has 0 amide bonds. The van der Waals surface area contributed by atoms with Gasteiger partial charge in [-0.1, -0.05) is 63.4 Å². The largest absolute Gasteiger partial charge is 0.501 e. The molecule has 0 aromatic rings. The van der Waals surface area contributed by atoms with Crippen LogP contribution in [0.3, 0.4) is 0 Å². The van der Waals surface area contributed by atoms with Crippen molar-refractivity contribution in [2.75, 3.05) is 13.2 Å². The minimum Gasteiger partial charge on any atom is -0.374 e. The van der Waals surface area contributed by atoms with E-state index in [-0.39, 0.29) is 0 Å². The molecule has 0 rings (SSSR count). The fraction of sp³-hybridized carbons (Fsp3) is 1.00. The van der Waals surface area contributed by atoms with E-state index in [1.807, 2.05) is 13.8 Å². The summed E-state index contributed by atoms with van der Waals surface area (Å²) in [5.41, 5.74) is 8.56. The Morgan fingerprint density at radius 3 is 1.83 bits per heavy atom. The molecule has 24 heavy (non-hydrogen) atoms. The lowest BCUT2D eigenvalue weighted by molar-refractivity contribution is 0.0401. The third kappa shape index (κ3) is 11.9. The van der Waals surface area contributed by atoms with Crippen molar-refractivity contribution in [3.63, 3.8) is 0 Å². The van der Waals surface area contributed by atoms with Gasteiger partial charge >= 0.3 is 8.80 Å². The highest BCUT2D eigenvalue weighted by Gasteiger charge is 2.41. The Morgan fingerprint density at radius 1 is 0.875 bits per heavy atom. The van der Waals surface area contributed by atoms with Crippen molar-refractivity contribution in [3.05, 3.63) is 10.4 Å². The smallest absolute Gasteiger partial charge is 0.374 e. The van der Waals surface area contributed by atoms with E-state index in [2.05, 4.69) is 16.9 Å². The predicted molar refractivity (Wildman–Crippen MR) is 101 cm³/mol. The second-order valence-corrected chi connectivity index (χ2v) is 8.73. The van der Waals surface area contributed by atoms with Crippen LogP contribution in [0.25, 0.3) is 10.4 Å². The molecule has 0 N–H and O–H groups in total. The fourth-order valence-electron chi connectivity index (χ4n) is 2.76. The number of azide groups is 1. The third-order valence-corrected chi connectivity index (χ3v) is 7.00. The summed E-state index contributed by atoms with van der Waals surface area (Å²) in [6, 6.07) is 0.788. The number of hydrogen-bond acceptors (Lipinski definition) is 4. The second-order valence-electron chi connectivity index (χ2n) is 6.05. The van der Waals surface area contributed by atoms with Gasteiger partial charge in [0.05, 0.1) is 0 Å². The molecule has 0 spiro atoms. The van der Waals surface area contributed by atoms with Gasteiger partial charge in [0.15, 0.2) is 0 Å². The minimum absolute atomic E-state index is 0.548. The molecular formula is C17H37N3O3Si. The fourth-order valence-corrected chi connectivity index (χ4v) is 5.52. The quantitative estimate of drug-likeness (QED) is 0.102. The Kier molecular flexibility index (Phi) is 15.5. The third-order valence-electron chi connectivity index (χ3n) is 3.88. The van der Waals surface area contributed by atoms with Crippen molar-refractivity contribution in [2.24, 2.45) is 5.11 Å². The van der Waals surface area contributed by atoms with Crippen LogP contribution in [0.2, 0.25) is 6.04 Å². The highest BCUT2D eigenvalue weighted by molar-refractivity contribution is 6.60. The van der Waals surface area contributed by atoms with Crippen LogP contribution in [-0.2, 0) is 13.3 Å². The van der Waals surface area contributed by atoms with Gasteiger partial charge < -0.3 is 13.3 Å². The molecule has 0 aromatic carbocycles. The molecule has 7 heteroatoms. The first-order valence-corrected chi connectivity index (χ1v) is 11.6. The van der Waals surface area contributed by atoms with Crippen LogP contribution in [0.4, 0.5) is 0 Å². The van der Waals surface area contributed by atoms with Crippen molar-refractivity contribution in [1.82, 2.24) is 0 Å². The van der Waals surface area contributed by atoms with Crippen LogP contribution in [0.15, 0.2) is 5.11 Å². The molecule has 0 fully saturated rings. The van der Waals surface area contributed by atoms with Gasteiger partial charge in [-0.05, 0) is 32.7 Å². The van der Waals surface area contributed by atoms with Crippen molar-refractivity contribution in [3.8, 4) is 0 Å². The van der Waals surface area contributed by atoms with Crippen LogP contribution in [0.5, 0.6) is 0 Å². The number of hydrogen-bond donors (Lipinski definition) is 0. The molecule has 6 nitrogen and oxygen atoms in total. The topological polar surface area (TPSA) is 76.5 Å². The molecule has 1 unspecified atom stereocenters. The van der Waals surface area contributed by atoms with Gasteiger partial charge in [-0.15, -0.1) is 0 Å². The zero-order valence-electron chi connectivity index (χ0n) is 16.1. The summed E-state index contributed by atoms with van der Waals surface area (Å²) in [7, 11) is -2.75. The van der Waals surface area contributed by atoms with Gasteiger partial charge in [-0.2, -0.15) is 0 Å². The standard InChI is InChI=1S/C17H37N3O3Si/c1-5-8-9-10-11-12-13-14-15-16-24(21-6-2,22-7-3)23-17(4)19-20-18/h17H,5-16H2,1-4H3. The van der Waals surface area contributed by atoms with Gasteiger partial charge in [0.25, 0.3) is 0 Å². The SMILES string of the molecule is CCCCCCCCCCC[Si](OCC)(OCC)OC(C)N=[N+]=[N-]. The van der Waals surface area contributed by atoms with E-state index in [0.29, 0.717) is 13.2 Å². The first kappa shape index (κ1) is 23.4. The van der Waals surface area contributed by atoms with Crippen molar-refractivity contribution < 1.29 is 13.3 Å². The van der Waals surface area contributed by atoms with Gasteiger partial charge in [-0.3, -0.25) is 0 Å². The maximum Gasteiger partial charge on any atom is 0.501 e. The van der Waals surface area contributed by atoms with Crippen LogP contribution in [-0.4, -0.2) is 28.2 Å². The average molecular weight is 360 g/mol. The van der Waals surface area contributed by atoms with E-state index in [4.69, 9.17) is 18.8 Å². The number of unbranched alkanes of at least 4 members (excludes halogenated alkanes) is 8. The minimum atomic E-state index is -2.75. The highest BCUT2D eigenvalue weighted by atomic mass is 28.4. The summed E-state index contributed by atoms with van der Waals surface area (Å²) in [4.78, 5) is 2.80. The summed E-state index contributed by atoms with van der Waals surface area (Å²) < 4.78 is 17.6. The molecule has 0 aliphatic rings. The lowest BCUT2D eigenvalue weighted by atomic mass is 10.1. The van der Waals surface area contributed by atoms with Gasteiger partial charge in [0.1, 0.15) is 6.23 Å². The van der Waals surface area contributed by atoms with Crippen molar-refractivity contribution in [2.45, 2.75) is 97.8 Å². The van der Waals surface area contributed by atoms with Gasteiger partial charge in [-0.25, -0.2) is 0 Å². The predicted octanol–water partition coefficient (Wildman–Crippen LogP) is 6.20. The summed E-state index contributed by atoms with van der Waals surface area (Å²) >= 11 is 0. The molecule has 0 heterocycles. The van der Waals surface area contributed by atoms with Crippen LogP contribution >= 0.6 is 0 Å². The number of nitrogens with zero attached hydrogens (tertiary/aromatic N) is 3. The lowest BCUT2D eigenvalue weighted by Gasteiger charge is -2.30. The Hall–Kier alpha value is -0.593. The zero-order chi connectivity index (χ0) is 18.1. The monoisotopic (exact) mass is 359 g/mol. The molecule has 0 bridgehead atoms. The Balaban J connectivity index is 4.18. The summed E-state index contributed by atoms with van der Waals surface area (Å²) in [6.45, 7) is 8.96. The highest BCUT2D eigenvalue weighted by Crippen LogP contribution is 2.23. The van der Waals surface area contributed by atoms with Crippen LogP contribution < -0.4 is 0 Å². The molecule has 1 atom stereocenters. The van der Waals surface area contributed by atoms with Crippen LogP contribution in [0, 0.1) is 0 Å². The van der Waals surface area contributed by atoms with E-state index < -0.39 is 15.0 Å². The molecule has 0 saturated carbocycles. The first-order chi connectivity index (χ1) is 11.6. The van der Waals surface area contributed by atoms with E-state index >= 15 is 0 Å².